The summed E-state index contributed by atoms with van der Waals surface area (Å²) in [4.78, 5) is 17.5. The van der Waals surface area contributed by atoms with Crippen molar-refractivity contribution in [2.45, 2.75) is 13.8 Å². The van der Waals surface area contributed by atoms with Gasteiger partial charge in [0, 0.05) is 24.6 Å². The summed E-state index contributed by atoms with van der Waals surface area (Å²) in [7, 11) is 0. The Labute approximate surface area is 134 Å². The molecule has 0 spiro atoms. The first-order chi connectivity index (χ1) is 11.2. The van der Waals surface area contributed by atoms with Gasteiger partial charge in [-0.1, -0.05) is 18.2 Å². The van der Waals surface area contributed by atoms with Crippen LogP contribution in [0.1, 0.15) is 11.1 Å². The lowest BCUT2D eigenvalue weighted by Crippen LogP contribution is -2.07. The molecule has 0 bridgehead atoms. The lowest BCUT2D eigenvalue weighted by atomic mass is 10.1. The topological polar surface area (TPSA) is 75.6 Å². The molecule has 0 unspecified atom stereocenters. The van der Waals surface area contributed by atoms with Crippen LogP contribution in [0.3, 0.4) is 0 Å². The first kappa shape index (κ1) is 14.9. The SMILES string of the molecule is C=CCNc1nc(Nc2cc(C)ccc2C)c2nccnc2n1. The van der Waals surface area contributed by atoms with Gasteiger partial charge in [-0.05, 0) is 31.0 Å². The molecular weight excluding hydrogens is 288 g/mol. The number of nitrogens with zero attached hydrogens (tertiary/aromatic N) is 4. The second-order valence-electron chi connectivity index (χ2n) is 5.24. The van der Waals surface area contributed by atoms with E-state index in [1.807, 2.05) is 6.92 Å². The maximum Gasteiger partial charge on any atom is 0.227 e. The third-order valence-electron chi connectivity index (χ3n) is 3.38. The van der Waals surface area contributed by atoms with Crippen molar-refractivity contribution in [1.82, 2.24) is 19.9 Å². The van der Waals surface area contributed by atoms with E-state index in [0.29, 0.717) is 29.5 Å². The van der Waals surface area contributed by atoms with Gasteiger partial charge in [-0.3, -0.25) is 0 Å². The molecule has 3 rings (SSSR count). The number of aromatic nitrogens is 4. The largest absolute Gasteiger partial charge is 0.351 e. The van der Waals surface area contributed by atoms with Crippen molar-refractivity contribution in [3.05, 3.63) is 54.4 Å². The average molecular weight is 306 g/mol. The second-order valence-corrected chi connectivity index (χ2v) is 5.24. The molecule has 2 N–H and O–H groups in total. The van der Waals surface area contributed by atoms with Gasteiger partial charge >= 0.3 is 0 Å². The molecule has 6 heteroatoms. The molecular formula is C17H18N6. The Hall–Kier alpha value is -3.02. The van der Waals surface area contributed by atoms with E-state index in [2.05, 4.69) is 62.3 Å². The minimum Gasteiger partial charge on any atom is -0.351 e. The molecule has 2 heterocycles. The van der Waals surface area contributed by atoms with Crippen LogP contribution in [-0.2, 0) is 0 Å². The van der Waals surface area contributed by atoms with E-state index in [4.69, 9.17) is 0 Å². The normalized spacial score (nSPS) is 10.5. The molecule has 2 aromatic heterocycles. The summed E-state index contributed by atoms with van der Waals surface area (Å²) in [5.41, 5.74) is 4.48. The maximum atomic E-state index is 4.52. The first-order valence-electron chi connectivity index (χ1n) is 7.35. The van der Waals surface area contributed by atoms with Crippen LogP contribution in [0.25, 0.3) is 11.2 Å². The Balaban J connectivity index is 2.07. The molecule has 6 nitrogen and oxygen atoms in total. The standard InChI is InChI=1S/C17H18N6/c1-4-7-20-17-22-15-14(18-8-9-19-15)16(23-17)21-13-10-11(2)5-6-12(13)3/h4-6,8-10H,1,7H2,2-3H3,(H2,19,20,21,22,23). The molecule has 0 aliphatic heterocycles. The van der Waals surface area contributed by atoms with Gasteiger partial charge in [0.1, 0.15) is 0 Å². The van der Waals surface area contributed by atoms with Crippen molar-refractivity contribution in [2.75, 3.05) is 17.2 Å². The van der Waals surface area contributed by atoms with E-state index in [0.717, 1.165) is 11.3 Å². The van der Waals surface area contributed by atoms with E-state index in [1.54, 1.807) is 18.5 Å². The number of hydrogen-bond donors (Lipinski definition) is 2. The highest BCUT2D eigenvalue weighted by Crippen LogP contribution is 2.25. The maximum absolute atomic E-state index is 4.52. The van der Waals surface area contributed by atoms with Crippen molar-refractivity contribution in [3.63, 3.8) is 0 Å². The fourth-order valence-corrected chi connectivity index (χ4v) is 2.19. The molecule has 0 aliphatic carbocycles. The Bertz CT molecular complexity index is 859. The highest BCUT2D eigenvalue weighted by molar-refractivity contribution is 5.86. The van der Waals surface area contributed by atoms with Crippen molar-refractivity contribution in [1.29, 1.82) is 0 Å². The average Bonchev–Trinajstić information content (AvgIpc) is 2.56. The van der Waals surface area contributed by atoms with Crippen LogP contribution in [0.2, 0.25) is 0 Å². The highest BCUT2D eigenvalue weighted by Gasteiger charge is 2.11. The van der Waals surface area contributed by atoms with Gasteiger partial charge in [0.15, 0.2) is 17.0 Å². The molecule has 0 atom stereocenters. The van der Waals surface area contributed by atoms with Gasteiger partial charge < -0.3 is 10.6 Å². The zero-order valence-corrected chi connectivity index (χ0v) is 13.2. The van der Waals surface area contributed by atoms with E-state index < -0.39 is 0 Å². The summed E-state index contributed by atoms with van der Waals surface area (Å²) in [5, 5.41) is 6.44. The third-order valence-corrected chi connectivity index (χ3v) is 3.38. The van der Waals surface area contributed by atoms with E-state index in [9.17, 15) is 0 Å². The summed E-state index contributed by atoms with van der Waals surface area (Å²) in [6.07, 6.45) is 5.01. The molecule has 3 aromatic rings. The summed E-state index contributed by atoms with van der Waals surface area (Å²) < 4.78 is 0. The highest BCUT2D eigenvalue weighted by atomic mass is 15.2. The monoisotopic (exact) mass is 306 g/mol. The number of rotatable bonds is 5. The first-order valence-corrected chi connectivity index (χ1v) is 7.35. The van der Waals surface area contributed by atoms with Gasteiger partial charge in [0.05, 0.1) is 0 Å². The Morgan fingerprint density at radius 2 is 1.96 bits per heavy atom. The Morgan fingerprint density at radius 3 is 2.78 bits per heavy atom. The van der Waals surface area contributed by atoms with Crippen LogP contribution in [0.15, 0.2) is 43.2 Å². The number of hydrogen-bond acceptors (Lipinski definition) is 6. The predicted molar refractivity (Wildman–Crippen MR) is 93.0 cm³/mol. The Kier molecular flexibility index (Phi) is 4.14. The zero-order valence-electron chi connectivity index (χ0n) is 13.2. The number of anilines is 3. The molecule has 1 aromatic carbocycles. The predicted octanol–water partition coefficient (Wildman–Crippen LogP) is 3.38. The Morgan fingerprint density at radius 1 is 1.13 bits per heavy atom. The van der Waals surface area contributed by atoms with Crippen molar-refractivity contribution < 1.29 is 0 Å². The fraction of sp³-hybridized carbons (Fsp3) is 0.176. The van der Waals surface area contributed by atoms with Crippen LogP contribution in [0, 0.1) is 13.8 Å². The molecule has 0 radical (unpaired) electrons. The zero-order chi connectivity index (χ0) is 16.2. The summed E-state index contributed by atoms with van der Waals surface area (Å²) in [6, 6.07) is 6.23. The molecule has 0 aliphatic rings. The van der Waals surface area contributed by atoms with Crippen molar-refractivity contribution in [2.24, 2.45) is 0 Å². The minimum absolute atomic E-state index is 0.491. The van der Waals surface area contributed by atoms with Crippen molar-refractivity contribution >= 4 is 28.6 Å². The summed E-state index contributed by atoms with van der Waals surface area (Å²) in [5.74, 6) is 1.12. The lowest BCUT2D eigenvalue weighted by Gasteiger charge is -2.12. The quantitative estimate of drug-likeness (QED) is 0.704. The van der Waals surface area contributed by atoms with Crippen molar-refractivity contribution in [3.8, 4) is 0 Å². The molecule has 0 saturated carbocycles. The van der Waals surface area contributed by atoms with Gasteiger partial charge in [0.2, 0.25) is 5.95 Å². The summed E-state index contributed by atoms with van der Waals surface area (Å²) >= 11 is 0. The van der Waals surface area contributed by atoms with Crippen LogP contribution in [-0.4, -0.2) is 26.5 Å². The lowest BCUT2D eigenvalue weighted by molar-refractivity contribution is 1.11. The number of fused-ring (bicyclic) bond motifs is 1. The minimum atomic E-state index is 0.491. The van der Waals surface area contributed by atoms with Crippen LogP contribution in [0.5, 0.6) is 0 Å². The molecule has 0 fully saturated rings. The smallest absolute Gasteiger partial charge is 0.227 e. The number of aryl methyl sites for hydroxylation is 2. The van der Waals surface area contributed by atoms with E-state index in [-0.39, 0.29) is 0 Å². The summed E-state index contributed by atoms with van der Waals surface area (Å²) in [6.45, 7) is 8.37. The number of benzene rings is 1. The van der Waals surface area contributed by atoms with Gasteiger partial charge in [-0.2, -0.15) is 9.97 Å². The van der Waals surface area contributed by atoms with E-state index >= 15 is 0 Å². The van der Waals surface area contributed by atoms with Gasteiger partial charge in [-0.25, -0.2) is 9.97 Å². The second kappa shape index (κ2) is 6.39. The molecule has 23 heavy (non-hydrogen) atoms. The van der Waals surface area contributed by atoms with Crippen LogP contribution >= 0.6 is 0 Å². The third kappa shape index (κ3) is 3.26. The molecule has 0 amide bonds. The van der Waals surface area contributed by atoms with Gasteiger partial charge in [0.25, 0.3) is 0 Å². The van der Waals surface area contributed by atoms with Crippen LogP contribution < -0.4 is 10.6 Å². The number of nitrogens with one attached hydrogen (secondary N) is 2. The van der Waals surface area contributed by atoms with Crippen LogP contribution in [0.4, 0.5) is 17.5 Å². The molecule has 0 saturated heterocycles. The van der Waals surface area contributed by atoms with Gasteiger partial charge in [-0.15, -0.1) is 6.58 Å². The fourth-order valence-electron chi connectivity index (χ4n) is 2.19. The molecule has 116 valence electrons. The van der Waals surface area contributed by atoms with E-state index in [1.165, 1.54) is 5.56 Å².